The van der Waals surface area contributed by atoms with Gasteiger partial charge in [-0.3, -0.25) is 19.7 Å². The lowest BCUT2D eigenvalue weighted by Crippen LogP contribution is -2.49. The zero-order chi connectivity index (χ0) is 16.3. The van der Waals surface area contributed by atoms with Crippen LogP contribution in [0.4, 0.5) is 11.4 Å². The van der Waals surface area contributed by atoms with E-state index < -0.39 is 10.8 Å². The van der Waals surface area contributed by atoms with E-state index in [0.29, 0.717) is 38.3 Å². The number of nitro benzene ring substituents is 1. The predicted molar refractivity (Wildman–Crippen MR) is 80.7 cm³/mol. The number of nitro groups is 1. The fraction of sp³-hybridized carbons (Fsp3) is 0.429. The third kappa shape index (κ3) is 3.16. The van der Waals surface area contributed by atoms with Crippen LogP contribution < -0.4 is 10.6 Å². The molecule has 1 aromatic rings. The number of carbonyl (C=O) groups excluding carboxylic acids is 2. The highest BCUT2D eigenvalue weighted by molar-refractivity contribution is 5.99. The summed E-state index contributed by atoms with van der Waals surface area (Å²) in [6.07, 6.45) is 0.462. The number of nitrogens with zero attached hydrogens (tertiary/aromatic N) is 3. The fourth-order valence-electron chi connectivity index (χ4n) is 2.53. The van der Waals surface area contributed by atoms with Crippen LogP contribution in [0.2, 0.25) is 0 Å². The Balaban J connectivity index is 2.21. The van der Waals surface area contributed by atoms with Gasteiger partial charge in [-0.25, -0.2) is 0 Å². The third-order valence-corrected chi connectivity index (χ3v) is 3.73. The number of piperazine rings is 1. The van der Waals surface area contributed by atoms with E-state index in [1.165, 1.54) is 18.2 Å². The van der Waals surface area contributed by atoms with Gasteiger partial charge in [0.25, 0.3) is 11.6 Å². The Hall–Kier alpha value is -2.64. The molecule has 1 heterocycles. The number of hydrogen-bond acceptors (Lipinski definition) is 5. The number of benzene rings is 1. The van der Waals surface area contributed by atoms with E-state index in [2.05, 4.69) is 0 Å². The molecule has 1 aliphatic rings. The van der Waals surface area contributed by atoms with Gasteiger partial charge < -0.3 is 15.5 Å². The normalized spacial score (nSPS) is 14.8. The van der Waals surface area contributed by atoms with Gasteiger partial charge in [-0.1, -0.05) is 6.92 Å². The summed E-state index contributed by atoms with van der Waals surface area (Å²) in [5.41, 5.74) is 5.87. The molecule has 0 bridgehead atoms. The van der Waals surface area contributed by atoms with Gasteiger partial charge in [0.2, 0.25) is 5.91 Å². The molecule has 1 fully saturated rings. The lowest BCUT2D eigenvalue weighted by atomic mass is 10.1. The van der Waals surface area contributed by atoms with Gasteiger partial charge >= 0.3 is 0 Å². The average molecular weight is 306 g/mol. The molecule has 1 aromatic carbocycles. The molecular formula is C14H18N4O4. The van der Waals surface area contributed by atoms with Crippen LogP contribution in [-0.4, -0.2) is 47.8 Å². The maximum Gasteiger partial charge on any atom is 0.270 e. The first-order chi connectivity index (χ1) is 10.4. The van der Waals surface area contributed by atoms with Crippen LogP contribution in [0.1, 0.15) is 23.7 Å². The Labute approximate surface area is 127 Å². The van der Waals surface area contributed by atoms with E-state index >= 15 is 0 Å². The molecule has 0 spiro atoms. The van der Waals surface area contributed by atoms with Crippen molar-refractivity contribution in [1.82, 2.24) is 4.90 Å². The van der Waals surface area contributed by atoms with Gasteiger partial charge in [0, 0.05) is 44.7 Å². The second-order valence-corrected chi connectivity index (χ2v) is 5.04. The Kier molecular flexibility index (Phi) is 4.59. The first kappa shape index (κ1) is 15.7. The number of non-ortho nitro benzene ring substituents is 1. The topological polar surface area (TPSA) is 110 Å². The highest BCUT2D eigenvalue weighted by Crippen LogP contribution is 2.26. The van der Waals surface area contributed by atoms with Gasteiger partial charge in [0.1, 0.15) is 0 Å². The van der Waals surface area contributed by atoms with Crippen LogP contribution in [-0.2, 0) is 4.79 Å². The van der Waals surface area contributed by atoms with E-state index in [0.717, 1.165) is 0 Å². The van der Waals surface area contributed by atoms with Crippen LogP contribution in [0.25, 0.3) is 0 Å². The van der Waals surface area contributed by atoms with Crippen molar-refractivity contribution in [3.63, 3.8) is 0 Å². The van der Waals surface area contributed by atoms with Crippen molar-refractivity contribution >= 4 is 23.2 Å². The van der Waals surface area contributed by atoms with Crippen molar-refractivity contribution in [2.75, 3.05) is 31.1 Å². The Bertz CT molecular complexity index is 609. The molecule has 1 aliphatic heterocycles. The van der Waals surface area contributed by atoms with Gasteiger partial charge in [-0.05, 0) is 6.07 Å². The number of nitrogens with two attached hydrogens (primary N) is 1. The second-order valence-electron chi connectivity index (χ2n) is 5.04. The highest BCUT2D eigenvalue weighted by atomic mass is 16.6. The predicted octanol–water partition coefficient (Wildman–Crippen LogP) is 0.752. The maximum absolute atomic E-state index is 11.7. The summed E-state index contributed by atoms with van der Waals surface area (Å²) in [6.45, 7) is 4.05. The zero-order valence-electron chi connectivity index (χ0n) is 12.3. The number of hydrogen-bond donors (Lipinski definition) is 1. The number of carbonyl (C=O) groups is 2. The largest absolute Gasteiger partial charge is 0.367 e. The molecule has 0 unspecified atom stereocenters. The van der Waals surface area contributed by atoms with Crippen LogP contribution in [0.3, 0.4) is 0 Å². The van der Waals surface area contributed by atoms with Gasteiger partial charge in [-0.15, -0.1) is 0 Å². The highest BCUT2D eigenvalue weighted by Gasteiger charge is 2.24. The molecule has 2 amide bonds. The quantitative estimate of drug-likeness (QED) is 0.652. The second kappa shape index (κ2) is 6.42. The monoisotopic (exact) mass is 306 g/mol. The molecule has 8 nitrogen and oxygen atoms in total. The molecule has 22 heavy (non-hydrogen) atoms. The van der Waals surface area contributed by atoms with E-state index in [-0.39, 0.29) is 17.2 Å². The van der Waals surface area contributed by atoms with Crippen molar-refractivity contribution in [2.24, 2.45) is 5.73 Å². The average Bonchev–Trinajstić information content (AvgIpc) is 2.53. The van der Waals surface area contributed by atoms with Crippen LogP contribution >= 0.6 is 0 Å². The van der Waals surface area contributed by atoms with E-state index in [9.17, 15) is 19.7 Å². The molecule has 118 valence electrons. The summed E-state index contributed by atoms with van der Waals surface area (Å²) < 4.78 is 0. The molecule has 0 aliphatic carbocycles. The van der Waals surface area contributed by atoms with E-state index in [4.69, 9.17) is 5.73 Å². The SMILES string of the molecule is CCC(=O)N1CCN(c2ccc([N+](=O)[O-])cc2C(N)=O)CC1. The van der Waals surface area contributed by atoms with Crippen molar-refractivity contribution in [3.8, 4) is 0 Å². The lowest BCUT2D eigenvalue weighted by molar-refractivity contribution is -0.384. The van der Waals surface area contributed by atoms with Gasteiger partial charge in [-0.2, -0.15) is 0 Å². The molecule has 2 rings (SSSR count). The van der Waals surface area contributed by atoms with Crippen molar-refractivity contribution < 1.29 is 14.5 Å². The zero-order valence-corrected chi connectivity index (χ0v) is 12.3. The Morgan fingerprint density at radius 3 is 2.41 bits per heavy atom. The van der Waals surface area contributed by atoms with E-state index in [1.807, 2.05) is 11.8 Å². The minimum absolute atomic E-state index is 0.0958. The molecule has 1 saturated heterocycles. The standard InChI is InChI=1S/C14H18N4O4/c1-2-13(19)17-7-5-16(6-8-17)12-4-3-10(18(21)22)9-11(12)14(15)20/h3-4,9H,2,5-8H2,1H3,(H2,15,20). The number of amides is 2. The molecule has 0 saturated carbocycles. The maximum atomic E-state index is 11.7. The first-order valence-electron chi connectivity index (χ1n) is 7.05. The smallest absolute Gasteiger partial charge is 0.270 e. The summed E-state index contributed by atoms with van der Waals surface area (Å²) in [5.74, 6) is -0.607. The molecular weight excluding hydrogens is 288 g/mol. The first-order valence-corrected chi connectivity index (χ1v) is 7.05. The minimum Gasteiger partial charge on any atom is -0.367 e. The van der Waals surface area contributed by atoms with Crippen molar-refractivity contribution in [2.45, 2.75) is 13.3 Å². The van der Waals surface area contributed by atoms with E-state index in [1.54, 1.807) is 4.90 Å². The number of primary amides is 1. The summed E-state index contributed by atoms with van der Waals surface area (Å²) >= 11 is 0. The minimum atomic E-state index is -0.703. The molecule has 8 heteroatoms. The summed E-state index contributed by atoms with van der Waals surface area (Å²) in [5, 5.41) is 10.8. The number of anilines is 1. The molecule has 0 aromatic heterocycles. The summed E-state index contributed by atoms with van der Waals surface area (Å²) in [7, 11) is 0. The van der Waals surface area contributed by atoms with Crippen LogP contribution in [0, 0.1) is 10.1 Å². The molecule has 0 radical (unpaired) electrons. The van der Waals surface area contributed by atoms with Crippen molar-refractivity contribution in [3.05, 3.63) is 33.9 Å². The fourth-order valence-corrected chi connectivity index (χ4v) is 2.53. The molecule has 2 N–H and O–H groups in total. The van der Waals surface area contributed by atoms with Crippen LogP contribution in [0.15, 0.2) is 18.2 Å². The summed E-state index contributed by atoms with van der Waals surface area (Å²) in [6, 6.07) is 4.09. The summed E-state index contributed by atoms with van der Waals surface area (Å²) in [4.78, 5) is 37.2. The van der Waals surface area contributed by atoms with Crippen molar-refractivity contribution in [1.29, 1.82) is 0 Å². The van der Waals surface area contributed by atoms with Crippen LogP contribution in [0.5, 0.6) is 0 Å². The molecule has 0 atom stereocenters. The lowest BCUT2D eigenvalue weighted by Gasteiger charge is -2.36. The number of rotatable bonds is 4. The third-order valence-electron chi connectivity index (χ3n) is 3.73. The van der Waals surface area contributed by atoms with Gasteiger partial charge in [0.15, 0.2) is 0 Å². The van der Waals surface area contributed by atoms with Gasteiger partial charge in [0.05, 0.1) is 16.2 Å². The Morgan fingerprint density at radius 1 is 1.27 bits per heavy atom. The Morgan fingerprint density at radius 2 is 1.91 bits per heavy atom.